The van der Waals surface area contributed by atoms with Gasteiger partial charge in [-0.3, -0.25) is 0 Å². The van der Waals surface area contributed by atoms with Gasteiger partial charge in [0.25, 0.3) is 0 Å². The molecular formula is C17H18N2O. The fourth-order valence-corrected chi connectivity index (χ4v) is 2.49. The molecule has 1 unspecified atom stereocenters. The van der Waals surface area contributed by atoms with Crippen molar-refractivity contribution in [1.29, 1.82) is 0 Å². The molecule has 1 heterocycles. The van der Waals surface area contributed by atoms with Crippen LogP contribution in [0.3, 0.4) is 0 Å². The average Bonchev–Trinajstić information content (AvgIpc) is 2.89. The molecule has 0 radical (unpaired) electrons. The number of aryl methyl sites for hydroxylation is 1. The fraction of sp³-hybridized carbons (Fsp3) is 0.176. The summed E-state index contributed by atoms with van der Waals surface area (Å²) in [5, 5.41) is 14.6. The van der Waals surface area contributed by atoms with Gasteiger partial charge in [0.2, 0.25) is 0 Å². The quantitative estimate of drug-likeness (QED) is 0.660. The summed E-state index contributed by atoms with van der Waals surface area (Å²) >= 11 is 0. The first kappa shape index (κ1) is 12.6. The van der Waals surface area contributed by atoms with Gasteiger partial charge in [-0.15, -0.1) is 0 Å². The third kappa shape index (κ3) is 2.35. The normalized spacial score (nSPS) is 12.5. The number of benzene rings is 2. The van der Waals surface area contributed by atoms with E-state index in [2.05, 4.69) is 35.4 Å². The Balaban J connectivity index is 1.87. The maximum atomic E-state index is 9.98. The number of rotatable bonds is 3. The summed E-state index contributed by atoms with van der Waals surface area (Å²) in [5.41, 5.74) is 4.24. The third-order valence-electron chi connectivity index (χ3n) is 3.59. The van der Waals surface area contributed by atoms with Gasteiger partial charge in [-0.1, -0.05) is 17.7 Å². The van der Waals surface area contributed by atoms with Crippen LogP contribution in [0.25, 0.3) is 10.9 Å². The van der Waals surface area contributed by atoms with Crippen LogP contribution in [-0.4, -0.2) is 10.1 Å². The molecule has 3 aromatic rings. The van der Waals surface area contributed by atoms with Crippen molar-refractivity contribution >= 4 is 16.6 Å². The molecule has 3 heteroatoms. The minimum atomic E-state index is 0.0475. The highest BCUT2D eigenvalue weighted by Gasteiger charge is 2.10. The van der Waals surface area contributed by atoms with E-state index < -0.39 is 0 Å². The second-order valence-electron chi connectivity index (χ2n) is 5.21. The zero-order valence-electron chi connectivity index (χ0n) is 11.6. The smallest absolute Gasteiger partial charge is 0.120 e. The number of aromatic nitrogens is 1. The van der Waals surface area contributed by atoms with Crippen molar-refractivity contribution in [3.8, 4) is 5.75 Å². The van der Waals surface area contributed by atoms with Gasteiger partial charge in [0.1, 0.15) is 5.75 Å². The lowest BCUT2D eigenvalue weighted by atomic mass is 10.0. The molecule has 0 saturated carbocycles. The monoisotopic (exact) mass is 266 g/mol. The van der Waals surface area contributed by atoms with E-state index in [0.717, 1.165) is 22.3 Å². The molecule has 0 amide bonds. The first-order valence-corrected chi connectivity index (χ1v) is 6.77. The highest BCUT2D eigenvalue weighted by atomic mass is 16.3. The summed E-state index contributed by atoms with van der Waals surface area (Å²) in [5.74, 6) is 0.332. The van der Waals surface area contributed by atoms with Crippen molar-refractivity contribution in [1.82, 2.24) is 4.98 Å². The van der Waals surface area contributed by atoms with E-state index in [-0.39, 0.29) is 6.04 Å². The zero-order chi connectivity index (χ0) is 14.1. The van der Waals surface area contributed by atoms with Crippen LogP contribution in [0, 0.1) is 6.92 Å². The number of hydrogen-bond acceptors (Lipinski definition) is 2. The summed E-state index contributed by atoms with van der Waals surface area (Å²) in [6.45, 7) is 4.08. The van der Waals surface area contributed by atoms with Crippen LogP contribution in [0.15, 0.2) is 48.7 Å². The second kappa shape index (κ2) is 4.93. The van der Waals surface area contributed by atoms with Gasteiger partial charge in [0.15, 0.2) is 0 Å². The van der Waals surface area contributed by atoms with Gasteiger partial charge >= 0.3 is 0 Å². The molecule has 102 valence electrons. The Kier molecular flexibility index (Phi) is 3.11. The van der Waals surface area contributed by atoms with Crippen LogP contribution in [0.5, 0.6) is 5.75 Å². The predicted molar refractivity (Wildman–Crippen MR) is 83.2 cm³/mol. The molecule has 0 aliphatic heterocycles. The number of nitrogens with one attached hydrogen (secondary N) is 2. The number of fused-ring (bicyclic) bond motifs is 1. The maximum absolute atomic E-state index is 9.98. The van der Waals surface area contributed by atoms with Crippen LogP contribution >= 0.6 is 0 Å². The van der Waals surface area contributed by atoms with Gasteiger partial charge in [0.05, 0.1) is 6.04 Å². The minimum absolute atomic E-state index is 0.0475. The van der Waals surface area contributed by atoms with E-state index in [9.17, 15) is 5.11 Å². The average molecular weight is 266 g/mol. The van der Waals surface area contributed by atoms with Gasteiger partial charge in [-0.2, -0.15) is 0 Å². The van der Waals surface area contributed by atoms with E-state index in [1.165, 1.54) is 5.39 Å². The Labute approximate surface area is 118 Å². The van der Waals surface area contributed by atoms with Crippen LogP contribution in [0.2, 0.25) is 0 Å². The molecule has 3 N–H and O–H groups in total. The van der Waals surface area contributed by atoms with Crippen molar-refractivity contribution in [3.05, 3.63) is 59.8 Å². The molecule has 0 aliphatic carbocycles. The first-order valence-electron chi connectivity index (χ1n) is 6.77. The van der Waals surface area contributed by atoms with Gasteiger partial charge in [0, 0.05) is 28.4 Å². The zero-order valence-corrected chi connectivity index (χ0v) is 11.6. The highest BCUT2D eigenvalue weighted by Crippen LogP contribution is 2.28. The summed E-state index contributed by atoms with van der Waals surface area (Å²) in [6.07, 6.45) is 1.93. The molecule has 1 aromatic heterocycles. The lowest BCUT2D eigenvalue weighted by molar-refractivity contribution is 0.465. The summed E-state index contributed by atoms with van der Waals surface area (Å²) < 4.78 is 0. The second-order valence-corrected chi connectivity index (χ2v) is 5.21. The van der Waals surface area contributed by atoms with E-state index in [1.807, 2.05) is 31.3 Å². The molecule has 0 saturated heterocycles. The summed E-state index contributed by atoms with van der Waals surface area (Å²) in [7, 11) is 0. The third-order valence-corrected chi connectivity index (χ3v) is 3.59. The first-order chi connectivity index (χ1) is 9.63. The van der Waals surface area contributed by atoms with E-state index in [1.54, 1.807) is 6.07 Å². The summed E-state index contributed by atoms with van der Waals surface area (Å²) in [4.78, 5) is 3.18. The Morgan fingerprint density at radius 1 is 1.10 bits per heavy atom. The predicted octanol–water partition coefficient (Wildman–Crippen LogP) is 4.36. The number of phenols is 1. The Hall–Kier alpha value is -2.42. The van der Waals surface area contributed by atoms with E-state index in [4.69, 9.17) is 0 Å². The Morgan fingerprint density at radius 2 is 1.95 bits per heavy atom. The van der Waals surface area contributed by atoms with Crippen molar-refractivity contribution < 1.29 is 5.11 Å². The van der Waals surface area contributed by atoms with Crippen LogP contribution in [0.4, 0.5) is 5.69 Å². The van der Waals surface area contributed by atoms with Crippen molar-refractivity contribution in [2.75, 3.05) is 5.32 Å². The molecule has 3 nitrogen and oxygen atoms in total. The molecular weight excluding hydrogens is 248 g/mol. The molecule has 20 heavy (non-hydrogen) atoms. The number of aromatic hydroxyl groups is 1. The molecule has 2 aromatic carbocycles. The highest BCUT2D eigenvalue weighted by molar-refractivity contribution is 5.83. The van der Waals surface area contributed by atoms with Gasteiger partial charge < -0.3 is 15.4 Å². The Bertz CT molecular complexity index is 746. The van der Waals surface area contributed by atoms with E-state index in [0.29, 0.717) is 5.75 Å². The molecule has 0 fully saturated rings. The minimum Gasteiger partial charge on any atom is -0.508 e. The lowest BCUT2D eigenvalue weighted by Gasteiger charge is -2.17. The van der Waals surface area contributed by atoms with Gasteiger partial charge in [-0.05, 0) is 44.2 Å². The lowest BCUT2D eigenvalue weighted by Crippen LogP contribution is -2.07. The van der Waals surface area contributed by atoms with Crippen LogP contribution in [-0.2, 0) is 0 Å². The standard InChI is InChI=1S/C17H18N2O/c1-11-3-6-17(20)15(9-11)12(2)19-14-4-5-16-13(10-14)7-8-18-16/h3-10,12,18-20H,1-2H3. The molecule has 0 bridgehead atoms. The summed E-state index contributed by atoms with van der Waals surface area (Å²) in [6, 6.07) is 14.0. The molecule has 0 aliphatic rings. The number of phenolic OH excluding ortho intramolecular Hbond substituents is 1. The topological polar surface area (TPSA) is 48.0 Å². The number of hydrogen-bond donors (Lipinski definition) is 3. The maximum Gasteiger partial charge on any atom is 0.120 e. The number of anilines is 1. The largest absolute Gasteiger partial charge is 0.508 e. The van der Waals surface area contributed by atoms with E-state index >= 15 is 0 Å². The van der Waals surface area contributed by atoms with Crippen LogP contribution in [0.1, 0.15) is 24.1 Å². The molecule has 0 spiro atoms. The van der Waals surface area contributed by atoms with Crippen molar-refractivity contribution in [3.63, 3.8) is 0 Å². The SMILES string of the molecule is Cc1ccc(O)c(C(C)Nc2ccc3[nH]ccc3c2)c1. The fourth-order valence-electron chi connectivity index (χ4n) is 2.49. The number of H-pyrrole nitrogens is 1. The molecule has 3 rings (SSSR count). The van der Waals surface area contributed by atoms with Crippen molar-refractivity contribution in [2.45, 2.75) is 19.9 Å². The van der Waals surface area contributed by atoms with Gasteiger partial charge in [-0.25, -0.2) is 0 Å². The van der Waals surface area contributed by atoms with Crippen LogP contribution < -0.4 is 5.32 Å². The Morgan fingerprint density at radius 3 is 2.80 bits per heavy atom. The number of aromatic amines is 1. The molecule has 1 atom stereocenters. The van der Waals surface area contributed by atoms with Crippen molar-refractivity contribution in [2.24, 2.45) is 0 Å².